The molecule has 0 radical (unpaired) electrons. The van der Waals surface area contributed by atoms with Gasteiger partial charge in [0.25, 0.3) is 10.0 Å². The molecule has 0 atom stereocenters. The molecule has 132 valence electrons. The minimum atomic E-state index is -3.85. The maximum absolute atomic E-state index is 13.1. The van der Waals surface area contributed by atoms with Crippen molar-refractivity contribution in [3.8, 4) is 0 Å². The molecule has 1 aliphatic carbocycles. The van der Waals surface area contributed by atoms with E-state index in [0.717, 1.165) is 27.2 Å². The zero-order chi connectivity index (χ0) is 18.0. The fourth-order valence-electron chi connectivity index (χ4n) is 2.42. The number of hydrogen-bond acceptors (Lipinski definition) is 3. The zero-order valence-corrected chi connectivity index (χ0v) is 16.2. The third kappa shape index (κ3) is 4.41. The van der Waals surface area contributed by atoms with E-state index >= 15 is 0 Å². The van der Waals surface area contributed by atoms with Gasteiger partial charge in [0.15, 0.2) is 0 Å². The molecule has 3 rings (SSSR count). The number of nitrogens with one attached hydrogen (secondary N) is 1. The van der Waals surface area contributed by atoms with Crippen LogP contribution in [0.3, 0.4) is 0 Å². The molecule has 0 aromatic heterocycles. The predicted molar refractivity (Wildman–Crippen MR) is 101 cm³/mol. The molecule has 0 unspecified atom stereocenters. The number of nitrogens with zero attached hydrogens (tertiary/aromatic N) is 1. The van der Waals surface area contributed by atoms with Crippen LogP contribution in [-0.4, -0.2) is 26.9 Å². The normalized spacial score (nSPS) is 14.2. The molecule has 1 fully saturated rings. The van der Waals surface area contributed by atoms with Gasteiger partial charge in [-0.25, -0.2) is 8.42 Å². The standard InChI is InChI=1S/C18H19BrN2O3S/c1-13-5-9-17(10-6-13)25(23,24)21(12-18(22)20-15-7-8-15)16-4-2-3-14(19)11-16/h2-6,9-11,15H,7-8,12H2,1H3,(H,20,22). The Bertz CT molecular complexity index is 877. The van der Waals surface area contributed by atoms with Crippen molar-refractivity contribution in [2.75, 3.05) is 10.8 Å². The molecule has 1 saturated carbocycles. The highest BCUT2D eigenvalue weighted by molar-refractivity contribution is 9.10. The first-order valence-corrected chi connectivity index (χ1v) is 10.2. The minimum absolute atomic E-state index is 0.164. The highest BCUT2D eigenvalue weighted by Crippen LogP contribution is 2.27. The molecule has 25 heavy (non-hydrogen) atoms. The lowest BCUT2D eigenvalue weighted by Crippen LogP contribution is -2.41. The number of sulfonamides is 1. The first kappa shape index (κ1) is 17.9. The number of carbonyl (C=O) groups is 1. The Morgan fingerprint density at radius 1 is 1.20 bits per heavy atom. The monoisotopic (exact) mass is 422 g/mol. The number of hydrogen-bond donors (Lipinski definition) is 1. The second-order valence-electron chi connectivity index (χ2n) is 6.15. The van der Waals surface area contributed by atoms with Gasteiger partial charge in [0.1, 0.15) is 6.54 Å². The van der Waals surface area contributed by atoms with Gasteiger partial charge >= 0.3 is 0 Å². The average molecular weight is 423 g/mol. The molecule has 1 N–H and O–H groups in total. The molecular weight excluding hydrogens is 404 g/mol. The third-order valence-electron chi connectivity index (χ3n) is 3.93. The molecule has 5 nitrogen and oxygen atoms in total. The van der Waals surface area contributed by atoms with Crippen molar-refractivity contribution in [2.24, 2.45) is 0 Å². The number of halogens is 1. The fraction of sp³-hybridized carbons (Fsp3) is 0.278. The van der Waals surface area contributed by atoms with Crippen molar-refractivity contribution in [1.29, 1.82) is 0 Å². The summed E-state index contributed by atoms with van der Waals surface area (Å²) in [6.45, 7) is 1.65. The molecule has 1 aliphatic rings. The van der Waals surface area contributed by atoms with Crippen LogP contribution in [0, 0.1) is 6.92 Å². The molecule has 0 aliphatic heterocycles. The van der Waals surface area contributed by atoms with Crippen LogP contribution in [0.1, 0.15) is 18.4 Å². The Hall–Kier alpha value is -1.86. The van der Waals surface area contributed by atoms with Crippen LogP contribution in [0.2, 0.25) is 0 Å². The van der Waals surface area contributed by atoms with Crippen molar-refractivity contribution in [3.63, 3.8) is 0 Å². The van der Waals surface area contributed by atoms with Crippen molar-refractivity contribution in [2.45, 2.75) is 30.7 Å². The Morgan fingerprint density at radius 2 is 1.88 bits per heavy atom. The Kier molecular flexibility index (Phi) is 5.15. The van der Waals surface area contributed by atoms with Crippen molar-refractivity contribution < 1.29 is 13.2 Å². The van der Waals surface area contributed by atoms with Gasteiger partial charge in [-0.05, 0) is 50.1 Å². The molecule has 2 aromatic carbocycles. The van der Waals surface area contributed by atoms with Gasteiger partial charge in [-0.15, -0.1) is 0 Å². The van der Waals surface area contributed by atoms with Crippen LogP contribution < -0.4 is 9.62 Å². The minimum Gasteiger partial charge on any atom is -0.352 e. The van der Waals surface area contributed by atoms with E-state index in [9.17, 15) is 13.2 Å². The topological polar surface area (TPSA) is 66.5 Å². The molecule has 0 bridgehead atoms. The van der Waals surface area contributed by atoms with Crippen LogP contribution in [0.4, 0.5) is 5.69 Å². The quantitative estimate of drug-likeness (QED) is 0.776. The molecule has 1 amide bonds. The van der Waals surface area contributed by atoms with Crippen molar-refractivity contribution in [3.05, 3.63) is 58.6 Å². The van der Waals surface area contributed by atoms with E-state index in [1.807, 2.05) is 13.0 Å². The van der Waals surface area contributed by atoms with Crippen LogP contribution in [0.5, 0.6) is 0 Å². The SMILES string of the molecule is Cc1ccc(S(=O)(=O)N(CC(=O)NC2CC2)c2cccc(Br)c2)cc1. The summed E-state index contributed by atoms with van der Waals surface area (Å²) in [5, 5.41) is 2.84. The van der Waals surface area contributed by atoms with Gasteiger partial charge < -0.3 is 5.32 Å². The second kappa shape index (κ2) is 7.17. The number of carbonyl (C=O) groups excluding carboxylic acids is 1. The van der Waals surface area contributed by atoms with E-state index in [0.29, 0.717) is 5.69 Å². The van der Waals surface area contributed by atoms with Crippen LogP contribution >= 0.6 is 15.9 Å². The second-order valence-corrected chi connectivity index (χ2v) is 8.92. The number of aryl methyl sites for hydroxylation is 1. The Balaban J connectivity index is 1.96. The van der Waals surface area contributed by atoms with Crippen LogP contribution in [0.15, 0.2) is 57.9 Å². The molecule has 0 spiro atoms. The lowest BCUT2D eigenvalue weighted by atomic mass is 10.2. The van der Waals surface area contributed by atoms with E-state index < -0.39 is 10.0 Å². The molecule has 2 aromatic rings. The zero-order valence-electron chi connectivity index (χ0n) is 13.8. The summed E-state index contributed by atoms with van der Waals surface area (Å²) in [7, 11) is -3.85. The smallest absolute Gasteiger partial charge is 0.264 e. The summed E-state index contributed by atoms with van der Waals surface area (Å²) in [5.41, 5.74) is 1.42. The predicted octanol–water partition coefficient (Wildman–Crippen LogP) is 3.23. The maximum Gasteiger partial charge on any atom is 0.264 e. The summed E-state index contributed by atoms with van der Waals surface area (Å²) < 4.78 is 28.1. The summed E-state index contributed by atoms with van der Waals surface area (Å²) in [6.07, 6.45) is 1.90. The Morgan fingerprint density at radius 3 is 2.48 bits per heavy atom. The largest absolute Gasteiger partial charge is 0.352 e. The fourth-order valence-corrected chi connectivity index (χ4v) is 4.22. The van der Waals surface area contributed by atoms with E-state index in [1.165, 1.54) is 0 Å². The average Bonchev–Trinajstić information content (AvgIpc) is 3.37. The van der Waals surface area contributed by atoms with Crippen LogP contribution in [0.25, 0.3) is 0 Å². The molecule has 7 heteroatoms. The van der Waals surface area contributed by atoms with Crippen LogP contribution in [-0.2, 0) is 14.8 Å². The van der Waals surface area contributed by atoms with Crippen molar-refractivity contribution in [1.82, 2.24) is 5.32 Å². The van der Waals surface area contributed by atoms with Gasteiger partial charge in [0.05, 0.1) is 10.6 Å². The summed E-state index contributed by atoms with van der Waals surface area (Å²) in [5.74, 6) is -0.293. The molecular formula is C18H19BrN2O3S. The van der Waals surface area contributed by atoms with Gasteiger partial charge in [0, 0.05) is 10.5 Å². The van der Waals surface area contributed by atoms with Gasteiger partial charge in [-0.3, -0.25) is 9.10 Å². The molecule has 0 heterocycles. The first-order valence-electron chi connectivity index (χ1n) is 8.00. The Labute approximate surface area is 156 Å². The van der Waals surface area contributed by atoms with Gasteiger partial charge in [-0.2, -0.15) is 0 Å². The lowest BCUT2D eigenvalue weighted by Gasteiger charge is -2.24. The van der Waals surface area contributed by atoms with Gasteiger partial charge in [0.2, 0.25) is 5.91 Å². The number of amides is 1. The molecule has 0 saturated heterocycles. The van der Waals surface area contributed by atoms with E-state index in [2.05, 4.69) is 21.2 Å². The van der Waals surface area contributed by atoms with E-state index in [4.69, 9.17) is 0 Å². The highest BCUT2D eigenvalue weighted by Gasteiger charge is 2.30. The highest BCUT2D eigenvalue weighted by atomic mass is 79.9. The van der Waals surface area contributed by atoms with Gasteiger partial charge in [-0.1, -0.05) is 39.7 Å². The third-order valence-corrected chi connectivity index (χ3v) is 6.22. The summed E-state index contributed by atoms with van der Waals surface area (Å²) >= 11 is 3.36. The van der Waals surface area contributed by atoms with E-state index in [1.54, 1.807) is 42.5 Å². The maximum atomic E-state index is 13.1. The number of anilines is 1. The summed E-state index contributed by atoms with van der Waals surface area (Å²) in [6, 6.07) is 13.7. The number of rotatable bonds is 6. The van der Waals surface area contributed by atoms with E-state index in [-0.39, 0.29) is 23.4 Å². The lowest BCUT2D eigenvalue weighted by molar-refractivity contribution is -0.119. The summed E-state index contributed by atoms with van der Waals surface area (Å²) in [4.78, 5) is 12.4. The number of benzene rings is 2. The first-order chi connectivity index (χ1) is 11.9. The van der Waals surface area contributed by atoms with Crippen molar-refractivity contribution >= 4 is 37.5 Å².